The molecule has 1 heterocycles. The summed E-state index contributed by atoms with van der Waals surface area (Å²) in [6.07, 6.45) is 5.13. The predicted molar refractivity (Wildman–Crippen MR) is 82.3 cm³/mol. The molecule has 1 aliphatic carbocycles. The molecule has 1 aliphatic rings. The number of carbonyl (C=O) groups excluding carboxylic acids is 1. The Morgan fingerprint density at radius 2 is 2.10 bits per heavy atom. The summed E-state index contributed by atoms with van der Waals surface area (Å²) in [6.45, 7) is 6.72. The Kier molecular flexibility index (Phi) is 5.39. The summed E-state index contributed by atoms with van der Waals surface area (Å²) in [7, 11) is 0. The number of rotatable bonds is 5. The maximum atomic E-state index is 12.9. The topological polar surface area (TPSA) is 69.2 Å². The molecule has 0 bridgehead atoms. The molecule has 5 heteroatoms. The third-order valence-electron chi connectivity index (χ3n) is 4.49. The number of amides is 1. The fraction of sp³-hybridized carbons (Fsp3) is 0.750. The molecule has 118 valence electrons. The van der Waals surface area contributed by atoms with Crippen molar-refractivity contribution in [1.29, 1.82) is 0 Å². The first-order chi connectivity index (χ1) is 10.1. The van der Waals surface area contributed by atoms with Crippen molar-refractivity contribution in [3.63, 3.8) is 0 Å². The van der Waals surface area contributed by atoms with Crippen LogP contribution in [0.15, 0.2) is 0 Å². The standard InChI is InChI=1S/C16H27N3O2/c1-4-10-19(13-8-6-7-9-14(13)20)16(21)15-11(3)12(5-2)17-18-15/h13-14,20H,4-10H2,1-3H3,(H,17,18)/t13-,14-/m1/s1. The van der Waals surface area contributed by atoms with E-state index in [4.69, 9.17) is 0 Å². The monoisotopic (exact) mass is 293 g/mol. The van der Waals surface area contributed by atoms with Crippen molar-refractivity contribution in [3.05, 3.63) is 17.0 Å². The van der Waals surface area contributed by atoms with Gasteiger partial charge in [-0.1, -0.05) is 26.7 Å². The molecule has 0 aliphatic heterocycles. The van der Waals surface area contributed by atoms with E-state index in [0.29, 0.717) is 12.2 Å². The molecule has 0 radical (unpaired) electrons. The van der Waals surface area contributed by atoms with E-state index < -0.39 is 6.10 Å². The third-order valence-corrected chi connectivity index (χ3v) is 4.49. The number of aliphatic hydroxyl groups excluding tert-OH is 1. The van der Waals surface area contributed by atoms with Gasteiger partial charge >= 0.3 is 0 Å². The van der Waals surface area contributed by atoms with Crippen LogP contribution in [-0.2, 0) is 6.42 Å². The average Bonchev–Trinajstić information content (AvgIpc) is 2.86. The van der Waals surface area contributed by atoms with Gasteiger partial charge in [-0.05, 0) is 32.6 Å². The summed E-state index contributed by atoms with van der Waals surface area (Å²) >= 11 is 0. The number of aliphatic hydroxyl groups is 1. The minimum Gasteiger partial charge on any atom is -0.391 e. The summed E-state index contributed by atoms with van der Waals surface area (Å²) in [5, 5.41) is 17.4. The molecule has 1 saturated carbocycles. The minimum absolute atomic E-state index is 0.0451. The molecule has 0 saturated heterocycles. The molecule has 0 aromatic carbocycles. The molecule has 5 nitrogen and oxygen atoms in total. The van der Waals surface area contributed by atoms with Crippen LogP contribution in [0.1, 0.15) is 67.7 Å². The van der Waals surface area contributed by atoms with Crippen LogP contribution in [0.5, 0.6) is 0 Å². The van der Waals surface area contributed by atoms with Gasteiger partial charge in [0.2, 0.25) is 0 Å². The largest absolute Gasteiger partial charge is 0.391 e. The average molecular weight is 293 g/mol. The summed E-state index contributed by atoms with van der Waals surface area (Å²) in [5.41, 5.74) is 2.46. The van der Waals surface area contributed by atoms with Crippen LogP contribution in [0, 0.1) is 6.92 Å². The number of nitrogens with zero attached hydrogens (tertiary/aromatic N) is 2. The van der Waals surface area contributed by atoms with Gasteiger partial charge < -0.3 is 10.0 Å². The molecule has 1 amide bonds. The fourth-order valence-corrected chi connectivity index (χ4v) is 3.24. The van der Waals surface area contributed by atoms with E-state index >= 15 is 0 Å². The van der Waals surface area contributed by atoms with Crippen LogP contribution < -0.4 is 0 Å². The number of aromatic amines is 1. The van der Waals surface area contributed by atoms with Crippen molar-refractivity contribution >= 4 is 5.91 Å². The first-order valence-corrected chi connectivity index (χ1v) is 8.13. The Morgan fingerprint density at radius 3 is 2.67 bits per heavy atom. The predicted octanol–water partition coefficient (Wildman–Crippen LogP) is 2.44. The zero-order valence-electron chi connectivity index (χ0n) is 13.4. The van der Waals surface area contributed by atoms with Gasteiger partial charge in [0.05, 0.1) is 12.1 Å². The van der Waals surface area contributed by atoms with E-state index in [1.54, 1.807) is 0 Å². The number of aromatic nitrogens is 2. The Labute approximate surface area is 126 Å². The van der Waals surface area contributed by atoms with Crippen LogP contribution >= 0.6 is 0 Å². The van der Waals surface area contributed by atoms with Gasteiger partial charge in [0.1, 0.15) is 0 Å². The lowest BCUT2D eigenvalue weighted by molar-refractivity contribution is 0.0174. The Morgan fingerprint density at radius 1 is 1.38 bits per heavy atom. The SMILES string of the molecule is CCCN(C(=O)c1n[nH]c(CC)c1C)[C@@H]1CCCC[C@H]1O. The molecule has 0 spiro atoms. The van der Waals surface area contributed by atoms with Crippen molar-refractivity contribution < 1.29 is 9.90 Å². The second kappa shape index (κ2) is 7.07. The highest BCUT2D eigenvalue weighted by Crippen LogP contribution is 2.25. The minimum atomic E-state index is -0.404. The van der Waals surface area contributed by atoms with E-state index in [9.17, 15) is 9.90 Å². The normalized spacial score (nSPS) is 22.3. The zero-order valence-corrected chi connectivity index (χ0v) is 13.4. The number of hydrogen-bond donors (Lipinski definition) is 2. The number of H-pyrrole nitrogens is 1. The molecule has 1 aromatic heterocycles. The van der Waals surface area contributed by atoms with Gasteiger partial charge in [-0.15, -0.1) is 0 Å². The first-order valence-electron chi connectivity index (χ1n) is 8.13. The summed E-state index contributed by atoms with van der Waals surface area (Å²) in [4.78, 5) is 14.7. The second-order valence-electron chi connectivity index (χ2n) is 5.95. The van der Waals surface area contributed by atoms with Crippen LogP contribution in [0.3, 0.4) is 0 Å². The van der Waals surface area contributed by atoms with Crippen molar-refractivity contribution in [2.45, 2.75) is 71.4 Å². The first kappa shape index (κ1) is 16.0. The highest BCUT2D eigenvalue weighted by Gasteiger charge is 2.33. The summed E-state index contributed by atoms with van der Waals surface area (Å²) < 4.78 is 0. The molecule has 1 aromatic rings. The smallest absolute Gasteiger partial charge is 0.274 e. The molecule has 21 heavy (non-hydrogen) atoms. The Bertz CT molecular complexity index is 484. The molecule has 2 atom stereocenters. The number of hydrogen-bond acceptors (Lipinski definition) is 3. The molecule has 2 N–H and O–H groups in total. The maximum Gasteiger partial charge on any atom is 0.274 e. The highest BCUT2D eigenvalue weighted by molar-refractivity contribution is 5.94. The van der Waals surface area contributed by atoms with Crippen LogP contribution in [0.2, 0.25) is 0 Å². The summed E-state index contributed by atoms with van der Waals surface area (Å²) in [6, 6.07) is -0.0626. The van der Waals surface area contributed by atoms with Crippen LogP contribution in [0.4, 0.5) is 0 Å². The van der Waals surface area contributed by atoms with E-state index in [1.165, 1.54) is 0 Å². The van der Waals surface area contributed by atoms with Crippen LogP contribution in [-0.4, -0.2) is 44.8 Å². The third kappa shape index (κ3) is 3.28. The van der Waals surface area contributed by atoms with E-state index in [0.717, 1.165) is 49.8 Å². The zero-order chi connectivity index (χ0) is 15.4. The van der Waals surface area contributed by atoms with Gasteiger partial charge in [-0.2, -0.15) is 5.10 Å². The van der Waals surface area contributed by atoms with Crippen LogP contribution in [0.25, 0.3) is 0 Å². The molecule has 0 unspecified atom stereocenters. The van der Waals surface area contributed by atoms with Gasteiger partial charge in [-0.25, -0.2) is 0 Å². The molecule has 1 fully saturated rings. The van der Waals surface area contributed by atoms with Gasteiger partial charge in [-0.3, -0.25) is 9.89 Å². The maximum absolute atomic E-state index is 12.9. The Hall–Kier alpha value is -1.36. The second-order valence-corrected chi connectivity index (χ2v) is 5.95. The van der Waals surface area contributed by atoms with Gasteiger partial charge in [0.15, 0.2) is 5.69 Å². The van der Waals surface area contributed by atoms with Gasteiger partial charge in [0, 0.05) is 17.8 Å². The number of aryl methyl sites for hydroxylation is 1. The lowest BCUT2D eigenvalue weighted by Gasteiger charge is -2.37. The van der Waals surface area contributed by atoms with Crippen molar-refractivity contribution in [2.24, 2.45) is 0 Å². The van der Waals surface area contributed by atoms with Crippen molar-refractivity contribution in [2.75, 3.05) is 6.54 Å². The van der Waals surface area contributed by atoms with Crippen molar-refractivity contribution in [1.82, 2.24) is 15.1 Å². The number of nitrogens with one attached hydrogen (secondary N) is 1. The number of carbonyl (C=O) groups is 1. The fourth-order valence-electron chi connectivity index (χ4n) is 3.24. The van der Waals surface area contributed by atoms with E-state index in [-0.39, 0.29) is 11.9 Å². The van der Waals surface area contributed by atoms with E-state index in [1.807, 2.05) is 18.7 Å². The lowest BCUT2D eigenvalue weighted by Crippen LogP contribution is -2.49. The van der Waals surface area contributed by atoms with E-state index in [2.05, 4.69) is 17.1 Å². The highest BCUT2D eigenvalue weighted by atomic mass is 16.3. The van der Waals surface area contributed by atoms with Crippen molar-refractivity contribution in [3.8, 4) is 0 Å². The summed E-state index contributed by atoms with van der Waals surface area (Å²) in [5.74, 6) is -0.0451. The lowest BCUT2D eigenvalue weighted by atomic mass is 9.91. The van der Waals surface area contributed by atoms with Gasteiger partial charge in [0.25, 0.3) is 5.91 Å². The molecular formula is C16H27N3O2. The quantitative estimate of drug-likeness (QED) is 0.876. The molecule has 2 rings (SSSR count). The molecular weight excluding hydrogens is 266 g/mol. The Balaban J connectivity index is 2.24.